The molecule has 4 heterocycles. The van der Waals surface area contributed by atoms with Crippen molar-refractivity contribution in [3.8, 4) is 34.3 Å². The summed E-state index contributed by atoms with van der Waals surface area (Å²) in [6, 6.07) is 10.6. The third-order valence-electron chi connectivity index (χ3n) is 3.30. The summed E-state index contributed by atoms with van der Waals surface area (Å²) in [7, 11) is 0. The standard InChI is InChI=1S/C16H12N6O2/c17-15-19-9(7-11(21-15)13-3-1-5-23-13)10-8-12(22-16(18)20-10)14-4-2-6-24-14/h1-8H,(H2,17,19,21)(H2,18,20,22). The summed E-state index contributed by atoms with van der Waals surface area (Å²) in [6.45, 7) is 0. The lowest BCUT2D eigenvalue weighted by atomic mass is 10.2. The first-order valence-electron chi connectivity index (χ1n) is 7.06. The second-order valence-corrected chi connectivity index (χ2v) is 4.95. The first-order chi connectivity index (χ1) is 11.7. The Morgan fingerprint density at radius 1 is 0.625 bits per heavy atom. The van der Waals surface area contributed by atoms with Crippen molar-refractivity contribution in [1.82, 2.24) is 19.9 Å². The highest BCUT2D eigenvalue weighted by Crippen LogP contribution is 2.27. The molecule has 0 saturated carbocycles. The fourth-order valence-corrected chi connectivity index (χ4v) is 2.30. The molecule has 4 rings (SSSR count). The number of nitrogens with two attached hydrogens (primary N) is 2. The van der Waals surface area contributed by atoms with Crippen LogP contribution >= 0.6 is 0 Å². The van der Waals surface area contributed by atoms with Gasteiger partial charge in [-0.1, -0.05) is 0 Å². The van der Waals surface area contributed by atoms with Gasteiger partial charge in [0.05, 0.1) is 23.9 Å². The van der Waals surface area contributed by atoms with Crippen molar-refractivity contribution in [2.24, 2.45) is 0 Å². The third-order valence-corrected chi connectivity index (χ3v) is 3.30. The maximum atomic E-state index is 5.82. The van der Waals surface area contributed by atoms with E-state index in [1.807, 2.05) is 0 Å². The van der Waals surface area contributed by atoms with Gasteiger partial charge in [0, 0.05) is 0 Å². The predicted molar refractivity (Wildman–Crippen MR) is 87.3 cm³/mol. The van der Waals surface area contributed by atoms with Gasteiger partial charge in [-0.25, -0.2) is 19.9 Å². The molecular weight excluding hydrogens is 308 g/mol. The molecule has 0 spiro atoms. The fraction of sp³-hybridized carbons (Fsp3) is 0. The summed E-state index contributed by atoms with van der Waals surface area (Å²) < 4.78 is 10.7. The van der Waals surface area contributed by atoms with Gasteiger partial charge in [-0.2, -0.15) is 0 Å². The Kier molecular flexibility index (Phi) is 3.20. The largest absolute Gasteiger partial charge is 0.463 e. The van der Waals surface area contributed by atoms with Gasteiger partial charge in [0.2, 0.25) is 11.9 Å². The summed E-state index contributed by atoms with van der Waals surface area (Å²) in [4.78, 5) is 16.8. The van der Waals surface area contributed by atoms with Crippen LogP contribution in [0.5, 0.6) is 0 Å². The average molecular weight is 320 g/mol. The molecule has 0 radical (unpaired) electrons. The van der Waals surface area contributed by atoms with Crippen molar-refractivity contribution in [3.05, 3.63) is 48.9 Å². The maximum absolute atomic E-state index is 5.82. The lowest BCUT2D eigenvalue weighted by molar-refractivity contribution is 0.579. The first-order valence-corrected chi connectivity index (χ1v) is 7.06. The van der Waals surface area contributed by atoms with E-state index in [1.165, 1.54) is 0 Å². The molecule has 0 bridgehead atoms. The number of nitrogen functional groups attached to an aromatic ring is 2. The molecule has 0 atom stereocenters. The van der Waals surface area contributed by atoms with Crippen molar-refractivity contribution in [1.29, 1.82) is 0 Å². The zero-order valence-corrected chi connectivity index (χ0v) is 12.4. The summed E-state index contributed by atoms with van der Waals surface area (Å²) >= 11 is 0. The number of nitrogens with zero attached hydrogens (tertiary/aromatic N) is 4. The minimum absolute atomic E-state index is 0.107. The van der Waals surface area contributed by atoms with Gasteiger partial charge >= 0.3 is 0 Å². The van der Waals surface area contributed by atoms with E-state index in [0.717, 1.165) is 0 Å². The van der Waals surface area contributed by atoms with E-state index < -0.39 is 0 Å². The van der Waals surface area contributed by atoms with Crippen molar-refractivity contribution in [2.45, 2.75) is 0 Å². The minimum Gasteiger partial charge on any atom is -0.463 e. The summed E-state index contributed by atoms with van der Waals surface area (Å²) in [5.41, 5.74) is 13.8. The van der Waals surface area contributed by atoms with Crippen LogP contribution in [0.15, 0.2) is 57.8 Å². The van der Waals surface area contributed by atoms with Gasteiger partial charge in [-0.15, -0.1) is 0 Å². The van der Waals surface area contributed by atoms with Crippen molar-refractivity contribution < 1.29 is 8.83 Å². The highest BCUT2D eigenvalue weighted by Gasteiger charge is 2.13. The van der Waals surface area contributed by atoms with Crippen LogP contribution < -0.4 is 11.5 Å². The van der Waals surface area contributed by atoms with E-state index in [9.17, 15) is 0 Å². The smallest absolute Gasteiger partial charge is 0.221 e. The molecule has 8 heteroatoms. The normalized spacial score (nSPS) is 10.8. The van der Waals surface area contributed by atoms with Crippen LogP contribution in [0, 0.1) is 0 Å². The molecular formula is C16H12N6O2. The van der Waals surface area contributed by atoms with Crippen molar-refractivity contribution in [2.75, 3.05) is 11.5 Å². The van der Waals surface area contributed by atoms with Gasteiger partial charge in [-0.05, 0) is 36.4 Å². The van der Waals surface area contributed by atoms with Crippen LogP contribution in [-0.2, 0) is 0 Å². The molecule has 0 amide bonds. The molecule has 0 unspecified atom stereocenters. The number of anilines is 2. The van der Waals surface area contributed by atoms with Crippen LogP contribution in [0.1, 0.15) is 0 Å². The molecule has 0 saturated heterocycles. The Hall–Kier alpha value is -3.68. The Morgan fingerprint density at radius 3 is 1.42 bits per heavy atom. The second kappa shape index (κ2) is 5.51. The molecule has 4 aromatic heterocycles. The van der Waals surface area contributed by atoms with Crippen LogP contribution in [-0.4, -0.2) is 19.9 Å². The Balaban J connectivity index is 1.84. The van der Waals surface area contributed by atoms with Gasteiger partial charge < -0.3 is 20.3 Å². The van der Waals surface area contributed by atoms with Gasteiger partial charge in [-0.3, -0.25) is 0 Å². The van der Waals surface area contributed by atoms with Crippen molar-refractivity contribution >= 4 is 11.9 Å². The summed E-state index contributed by atoms with van der Waals surface area (Å²) in [5, 5.41) is 0. The molecule has 0 fully saturated rings. The van der Waals surface area contributed by atoms with Gasteiger partial charge in [0.1, 0.15) is 11.4 Å². The fourth-order valence-electron chi connectivity index (χ4n) is 2.30. The number of hydrogen-bond acceptors (Lipinski definition) is 8. The zero-order chi connectivity index (χ0) is 16.5. The quantitative estimate of drug-likeness (QED) is 0.589. The number of rotatable bonds is 3. The minimum atomic E-state index is 0.107. The molecule has 24 heavy (non-hydrogen) atoms. The molecule has 8 nitrogen and oxygen atoms in total. The Labute approximate surface area is 136 Å². The molecule has 0 aliphatic rings. The highest BCUT2D eigenvalue weighted by atomic mass is 16.3. The van der Waals surface area contributed by atoms with Gasteiger partial charge in [0.15, 0.2) is 11.5 Å². The molecule has 0 aliphatic carbocycles. The zero-order valence-electron chi connectivity index (χ0n) is 12.4. The predicted octanol–water partition coefficient (Wildman–Crippen LogP) is 2.62. The summed E-state index contributed by atoms with van der Waals surface area (Å²) in [6.07, 6.45) is 3.12. The lowest BCUT2D eigenvalue weighted by Crippen LogP contribution is -2.02. The van der Waals surface area contributed by atoms with E-state index in [4.69, 9.17) is 20.3 Å². The number of aromatic nitrogens is 4. The highest BCUT2D eigenvalue weighted by molar-refractivity contribution is 5.68. The van der Waals surface area contributed by atoms with Crippen LogP contribution in [0.3, 0.4) is 0 Å². The molecule has 0 aliphatic heterocycles. The van der Waals surface area contributed by atoms with Gasteiger partial charge in [0.25, 0.3) is 0 Å². The topological polar surface area (TPSA) is 130 Å². The summed E-state index contributed by atoms with van der Waals surface area (Å²) in [5.74, 6) is 1.38. The molecule has 0 aromatic carbocycles. The van der Waals surface area contributed by atoms with Crippen LogP contribution in [0.2, 0.25) is 0 Å². The van der Waals surface area contributed by atoms with E-state index in [2.05, 4.69) is 19.9 Å². The monoisotopic (exact) mass is 320 g/mol. The first kappa shape index (κ1) is 13.9. The lowest BCUT2D eigenvalue weighted by Gasteiger charge is -2.06. The molecule has 4 aromatic rings. The van der Waals surface area contributed by atoms with E-state index in [-0.39, 0.29) is 11.9 Å². The Morgan fingerprint density at radius 2 is 1.04 bits per heavy atom. The molecule has 4 N–H and O–H groups in total. The van der Waals surface area contributed by atoms with Crippen LogP contribution in [0.4, 0.5) is 11.9 Å². The van der Waals surface area contributed by atoms with E-state index >= 15 is 0 Å². The molecule has 118 valence electrons. The second-order valence-electron chi connectivity index (χ2n) is 4.95. The van der Waals surface area contributed by atoms with E-state index in [1.54, 1.807) is 48.9 Å². The maximum Gasteiger partial charge on any atom is 0.221 e. The number of hydrogen-bond donors (Lipinski definition) is 2. The van der Waals surface area contributed by atoms with E-state index in [0.29, 0.717) is 34.3 Å². The number of furan rings is 2. The van der Waals surface area contributed by atoms with Crippen molar-refractivity contribution in [3.63, 3.8) is 0 Å². The average Bonchev–Trinajstić information content (AvgIpc) is 3.27. The van der Waals surface area contributed by atoms with Crippen LogP contribution in [0.25, 0.3) is 34.3 Å². The third kappa shape index (κ3) is 2.56. The SMILES string of the molecule is Nc1nc(-c2cc(-c3ccco3)nc(N)n2)cc(-c2ccco2)n1. The Bertz CT molecular complexity index is 898.